The lowest BCUT2D eigenvalue weighted by Gasteiger charge is -2.19. The molecule has 0 N–H and O–H groups in total. The van der Waals surface area contributed by atoms with Gasteiger partial charge < -0.3 is 9.47 Å². The molecular formula is C34H27BrN2O6. The van der Waals surface area contributed by atoms with Crippen molar-refractivity contribution in [2.45, 2.75) is 19.3 Å². The lowest BCUT2D eigenvalue weighted by atomic mass is 9.81. The number of ketones is 1. The van der Waals surface area contributed by atoms with Crippen LogP contribution in [0.3, 0.4) is 0 Å². The number of fused-ring (bicyclic) bond motifs is 6. The molecule has 2 bridgehead atoms. The van der Waals surface area contributed by atoms with Gasteiger partial charge >= 0.3 is 5.97 Å². The zero-order chi connectivity index (χ0) is 29.8. The Morgan fingerprint density at radius 2 is 1.58 bits per heavy atom. The SMILES string of the molecule is COc1ccc(C(=O)COC(=O)c2cc(-c3ccc(N4C(=O)C5C6CCC(C6)C5C4=O)cc3)nc3ccc(Br)cc23)cc1. The molecule has 3 aliphatic rings. The van der Waals surface area contributed by atoms with E-state index in [1.807, 2.05) is 6.07 Å². The molecule has 3 fully saturated rings. The third-order valence-corrected chi connectivity index (χ3v) is 9.58. The van der Waals surface area contributed by atoms with Gasteiger partial charge in [0, 0.05) is 21.0 Å². The van der Waals surface area contributed by atoms with E-state index in [2.05, 4.69) is 15.9 Å². The van der Waals surface area contributed by atoms with Crippen LogP contribution in [0.1, 0.15) is 40.0 Å². The van der Waals surface area contributed by atoms with Crippen LogP contribution in [0.5, 0.6) is 5.75 Å². The van der Waals surface area contributed by atoms with Crippen LogP contribution in [-0.4, -0.2) is 42.3 Å². The Morgan fingerprint density at radius 3 is 2.23 bits per heavy atom. The molecule has 4 aromatic rings. The summed E-state index contributed by atoms with van der Waals surface area (Å²) < 4.78 is 11.4. The van der Waals surface area contributed by atoms with Crippen LogP contribution in [0.25, 0.3) is 22.2 Å². The number of carbonyl (C=O) groups is 4. The minimum atomic E-state index is -0.653. The Bertz CT molecular complexity index is 1770. The van der Waals surface area contributed by atoms with E-state index in [1.165, 1.54) is 4.90 Å². The number of imide groups is 1. The van der Waals surface area contributed by atoms with Crippen molar-refractivity contribution in [3.63, 3.8) is 0 Å². The van der Waals surface area contributed by atoms with Crippen LogP contribution >= 0.6 is 15.9 Å². The maximum absolute atomic E-state index is 13.3. The number of nitrogens with zero attached hydrogens (tertiary/aromatic N) is 2. The van der Waals surface area contributed by atoms with Crippen LogP contribution < -0.4 is 9.64 Å². The standard InChI is InChI=1S/C34H27BrN2O6/c1-42-24-11-6-19(7-12-24)29(38)17-43-34(41)26-16-28(36-27-13-8-22(35)15-25(26)27)18-4-9-23(10-5-18)37-32(39)30-20-2-3-21(14-20)31(30)33(37)40/h4-13,15-16,20-21,30-31H,2-3,14,17H2,1H3. The molecule has 1 saturated heterocycles. The van der Waals surface area contributed by atoms with E-state index in [4.69, 9.17) is 14.5 Å². The van der Waals surface area contributed by atoms with E-state index < -0.39 is 12.6 Å². The second-order valence-corrected chi connectivity index (χ2v) is 12.3. The Kier molecular flexibility index (Phi) is 6.85. The Morgan fingerprint density at radius 1 is 0.907 bits per heavy atom. The predicted octanol–water partition coefficient (Wildman–Crippen LogP) is 6.25. The van der Waals surface area contributed by atoms with Gasteiger partial charge in [-0.05, 0) is 91.8 Å². The Balaban J connectivity index is 1.15. The highest BCUT2D eigenvalue weighted by atomic mass is 79.9. The maximum atomic E-state index is 13.3. The van der Waals surface area contributed by atoms with Gasteiger partial charge in [-0.15, -0.1) is 0 Å². The van der Waals surface area contributed by atoms with Crippen molar-refractivity contribution in [2.75, 3.05) is 18.6 Å². The third kappa shape index (κ3) is 4.72. The fraction of sp³-hybridized carbons (Fsp3) is 0.265. The summed E-state index contributed by atoms with van der Waals surface area (Å²) in [6, 6.07) is 20.7. The highest BCUT2D eigenvalue weighted by molar-refractivity contribution is 9.10. The van der Waals surface area contributed by atoms with E-state index in [9.17, 15) is 19.2 Å². The van der Waals surface area contributed by atoms with Gasteiger partial charge in [0.15, 0.2) is 12.4 Å². The van der Waals surface area contributed by atoms with E-state index in [0.717, 1.165) is 23.7 Å². The number of hydrogen-bond donors (Lipinski definition) is 0. The number of rotatable bonds is 7. The predicted molar refractivity (Wildman–Crippen MR) is 163 cm³/mol. The molecule has 4 atom stereocenters. The highest BCUT2D eigenvalue weighted by Crippen LogP contribution is 2.56. The number of aromatic nitrogens is 1. The molecule has 9 heteroatoms. The molecule has 216 valence electrons. The van der Waals surface area contributed by atoms with Crippen LogP contribution in [0, 0.1) is 23.7 Å². The molecular weight excluding hydrogens is 612 g/mol. The zero-order valence-corrected chi connectivity index (χ0v) is 24.9. The summed E-state index contributed by atoms with van der Waals surface area (Å²) in [5.41, 5.74) is 3.02. The quantitative estimate of drug-likeness (QED) is 0.134. The van der Waals surface area contributed by atoms with Gasteiger partial charge in [-0.1, -0.05) is 28.1 Å². The first-order valence-electron chi connectivity index (χ1n) is 14.3. The number of anilines is 1. The van der Waals surface area contributed by atoms with Crippen molar-refractivity contribution in [1.82, 2.24) is 4.98 Å². The molecule has 4 unspecified atom stereocenters. The topological polar surface area (TPSA) is 103 Å². The van der Waals surface area contributed by atoms with E-state index in [0.29, 0.717) is 51.0 Å². The highest BCUT2D eigenvalue weighted by Gasteiger charge is 2.61. The van der Waals surface area contributed by atoms with Crippen molar-refractivity contribution in [1.29, 1.82) is 0 Å². The van der Waals surface area contributed by atoms with E-state index >= 15 is 0 Å². The summed E-state index contributed by atoms with van der Waals surface area (Å²) in [6.45, 7) is -0.422. The van der Waals surface area contributed by atoms with Gasteiger partial charge in [-0.3, -0.25) is 19.3 Å². The van der Waals surface area contributed by atoms with Gasteiger partial charge in [0.2, 0.25) is 11.8 Å². The number of halogens is 1. The lowest BCUT2D eigenvalue weighted by molar-refractivity contribution is -0.123. The van der Waals surface area contributed by atoms with Crippen LogP contribution in [0.4, 0.5) is 5.69 Å². The van der Waals surface area contributed by atoms with Crippen molar-refractivity contribution in [3.05, 3.63) is 88.4 Å². The van der Waals surface area contributed by atoms with Crippen molar-refractivity contribution >= 4 is 56.1 Å². The molecule has 1 aliphatic heterocycles. The second-order valence-electron chi connectivity index (χ2n) is 11.4. The number of methoxy groups -OCH3 is 1. The summed E-state index contributed by atoms with van der Waals surface area (Å²) in [5.74, 6) is -0.262. The molecule has 2 aliphatic carbocycles. The largest absolute Gasteiger partial charge is 0.497 e. The van der Waals surface area contributed by atoms with Crippen LogP contribution in [0.15, 0.2) is 77.3 Å². The van der Waals surface area contributed by atoms with Gasteiger partial charge in [0.05, 0.1) is 41.4 Å². The van der Waals surface area contributed by atoms with Crippen molar-refractivity contribution in [3.8, 4) is 17.0 Å². The molecule has 7 rings (SSSR count). The smallest absolute Gasteiger partial charge is 0.339 e. The number of pyridine rings is 1. The van der Waals surface area contributed by atoms with E-state index in [-0.39, 0.29) is 35.0 Å². The summed E-state index contributed by atoms with van der Waals surface area (Å²) in [4.78, 5) is 58.7. The lowest BCUT2D eigenvalue weighted by Crippen LogP contribution is -2.32. The van der Waals surface area contributed by atoms with Gasteiger partial charge in [0.1, 0.15) is 5.75 Å². The summed E-state index contributed by atoms with van der Waals surface area (Å²) in [6.07, 6.45) is 3.05. The Hall–Kier alpha value is -4.37. The molecule has 2 heterocycles. The molecule has 2 amide bonds. The van der Waals surface area contributed by atoms with Crippen LogP contribution in [0.2, 0.25) is 0 Å². The number of amides is 2. The number of esters is 1. The Labute approximate surface area is 256 Å². The molecule has 1 aromatic heterocycles. The molecule has 2 saturated carbocycles. The number of ether oxygens (including phenoxy) is 2. The summed E-state index contributed by atoms with van der Waals surface area (Å²) in [5, 5.41) is 0.575. The number of hydrogen-bond acceptors (Lipinski definition) is 7. The average Bonchev–Trinajstić information content (AvgIpc) is 3.72. The average molecular weight is 640 g/mol. The fourth-order valence-corrected chi connectivity index (χ4v) is 7.39. The molecule has 3 aromatic carbocycles. The molecule has 0 spiro atoms. The first kappa shape index (κ1) is 27.5. The molecule has 0 radical (unpaired) electrons. The normalized spacial score (nSPS) is 22.2. The number of carbonyl (C=O) groups excluding carboxylic acids is 4. The minimum Gasteiger partial charge on any atom is -0.497 e. The number of Topliss-reactive ketones (excluding diaryl/α,β-unsaturated/α-hetero) is 1. The molecule has 8 nitrogen and oxygen atoms in total. The maximum Gasteiger partial charge on any atom is 0.339 e. The summed E-state index contributed by atoms with van der Waals surface area (Å²) in [7, 11) is 1.54. The number of benzene rings is 3. The third-order valence-electron chi connectivity index (χ3n) is 9.09. The first-order chi connectivity index (χ1) is 20.8. The zero-order valence-electron chi connectivity index (χ0n) is 23.3. The van der Waals surface area contributed by atoms with Crippen molar-refractivity contribution in [2.24, 2.45) is 23.7 Å². The minimum absolute atomic E-state index is 0.0847. The first-order valence-corrected chi connectivity index (χ1v) is 15.0. The molecule has 43 heavy (non-hydrogen) atoms. The second kappa shape index (κ2) is 10.7. The van der Waals surface area contributed by atoms with Gasteiger partial charge in [-0.2, -0.15) is 0 Å². The van der Waals surface area contributed by atoms with Crippen molar-refractivity contribution < 1.29 is 28.7 Å². The van der Waals surface area contributed by atoms with Crippen LogP contribution in [-0.2, 0) is 14.3 Å². The van der Waals surface area contributed by atoms with Gasteiger partial charge in [0.25, 0.3) is 0 Å². The van der Waals surface area contributed by atoms with E-state index in [1.54, 1.807) is 73.8 Å². The monoisotopic (exact) mass is 638 g/mol. The fourth-order valence-electron chi connectivity index (χ4n) is 7.03. The van der Waals surface area contributed by atoms with Gasteiger partial charge in [-0.25, -0.2) is 9.78 Å². The summed E-state index contributed by atoms with van der Waals surface area (Å²) >= 11 is 3.46.